The molecule has 0 spiro atoms. The Bertz CT molecular complexity index is 715. The van der Waals surface area contributed by atoms with Gasteiger partial charge in [-0.2, -0.15) is 0 Å². The molecule has 0 fully saturated rings. The maximum atomic E-state index is 11.0. The molecule has 0 unspecified atom stereocenters. The summed E-state index contributed by atoms with van der Waals surface area (Å²) in [4.78, 5) is 18.5. The van der Waals surface area contributed by atoms with Crippen LogP contribution in [0.2, 0.25) is 0 Å². The van der Waals surface area contributed by atoms with Crippen LogP contribution in [0.1, 0.15) is 5.69 Å². The number of carbonyl (C=O) groups excluding carboxylic acids is 1. The predicted octanol–water partition coefficient (Wildman–Crippen LogP) is 1.74. The minimum atomic E-state index is -0.372. The summed E-state index contributed by atoms with van der Waals surface area (Å²) in [6, 6.07) is 9.95. The normalized spacial score (nSPS) is 11.1. The van der Waals surface area contributed by atoms with E-state index < -0.39 is 0 Å². The molecule has 0 aliphatic heterocycles. The second kappa shape index (κ2) is 3.59. The van der Waals surface area contributed by atoms with Gasteiger partial charge in [0.15, 0.2) is 0 Å². The molecule has 4 heteroatoms. The van der Waals surface area contributed by atoms with E-state index in [1.807, 2.05) is 30.3 Å². The molecule has 0 saturated carbocycles. The molecule has 0 radical (unpaired) electrons. The number of hydrogen-bond acceptors (Lipinski definition) is 2. The monoisotopic (exact) mass is 225 g/mol. The zero-order valence-corrected chi connectivity index (χ0v) is 9.10. The van der Waals surface area contributed by atoms with E-state index in [-0.39, 0.29) is 12.3 Å². The van der Waals surface area contributed by atoms with Crippen molar-refractivity contribution in [3.05, 3.63) is 42.2 Å². The Morgan fingerprint density at radius 3 is 2.88 bits per heavy atom. The number of H-pyrrole nitrogens is 1. The van der Waals surface area contributed by atoms with Gasteiger partial charge in [0, 0.05) is 22.5 Å². The molecule has 1 aromatic carbocycles. The number of nitrogens with one attached hydrogen (secondary N) is 1. The number of pyridine rings is 1. The van der Waals surface area contributed by atoms with E-state index in [1.54, 1.807) is 6.20 Å². The molecular weight excluding hydrogens is 214 g/mol. The Hall–Kier alpha value is -2.36. The van der Waals surface area contributed by atoms with Gasteiger partial charge in [0.25, 0.3) is 0 Å². The number of primary amides is 1. The van der Waals surface area contributed by atoms with Crippen molar-refractivity contribution < 1.29 is 4.79 Å². The van der Waals surface area contributed by atoms with Gasteiger partial charge in [0.05, 0.1) is 17.6 Å². The van der Waals surface area contributed by atoms with Gasteiger partial charge in [-0.05, 0) is 12.1 Å². The Morgan fingerprint density at radius 2 is 2.06 bits per heavy atom. The molecule has 3 N–H and O–H groups in total. The fourth-order valence-electron chi connectivity index (χ4n) is 2.13. The van der Waals surface area contributed by atoms with Crippen LogP contribution < -0.4 is 5.73 Å². The zero-order chi connectivity index (χ0) is 11.8. The van der Waals surface area contributed by atoms with Gasteiger partial charge in [-0.1, -0.05) is 18.2 Å². The van der Waals surface area contributed by atoms with E-state index in [0.717, 1.165) is 21.8 Å². The third-order valence-electron chi connectivity index (χ3n) is 2.85. The van der Waals surface area contributed by atoms with Gasteiger partial charge in [0.1, 0.15) is 0 Å². The highest BCUT2D eigenvalue weighted by molar-refractivity contribution is 6.08. The summed E-state index contributed by atoms with van der Waals surface area (Å²) in [5, 5.41) is 2.21. The first kappa shape index (κ1) is 9.84. The number of nitrogens with zero attached hydrogens (tertiary/aromatic N) is 1. The number of hydrogen-bond donors (Lipinski definition) is 2. The number of amides is 1. The van der Waals surface area contributed by atoms with Crippen LogP contribution in [0.5, 0.6) is 0 Å². The summed E-state index contributed by atoms with van der Waals surface area (Å²) in [5.74, 6) is -0.372. The van der Waals surface area contributed by atoms with Crippen molar-refractivity contribution in [2.75, 3.05) is 0 Å². The highest BCUT2D eigenvalue weighted by atomic mass is 16.1. The highest BCUT2D eigenvalue weighted by Gasteiger charge is 2.10. The Labute approximate surface area is 97.5 Å². The Balaban J connectivity index is 2.35. The lowest BCUT2D eigenvalue weighted by molar-refractivity contribution is -0.117. The molecule has 0 aliphatic carbocycles. The number of rotatable bonds is 2. The first-order chi connectivity index (χ1) is 8.25. The second-order valence-corrected chi connectivity index (χ2v) is 3.99. The van der Waals surface area contributed by atoms with Crippen molar-refractivity contribution in [2.24, 2.45) is 5.73 Å². The maximum Gasteiger partial charge on any atom is 0.223 e. The molecule has 84 valence electrons. The first-order valence-electron chi connectivity index (χ1n) is 5.38. The van der Waals surface area contributed by atoms with Crippen LogP contribution in [0.25, 0.3) is 21.8 Å². The van der Waals surface area contributed by atoms with Gasteiger partial charge in [-0.25, -0.2) is 0 Å². The van der Waals surface area contributed by atoms with Gasteiger partial charge in [0.2, 0.25) is 5.91 Å². The molecular formula is C13H11N3O. The molecule has 4 nitrogen and oxygen atoms in total. The number of para-hydroxylation sites is 1. The van der Waals surface area contributed by atoms with E-state index in [4.69, 9.17) is 5.73 Å². The summed E-state index contributed by atoms with van der Waals surface area (Å²) >= 11 is 0. The van der Waals surface area contributed by atoms with Crippen molar-refractivity contribution in [2.45, 2.75) is 6.42 Å². The number of benzene rings is 1. The van der Waals surface area contributed by atoms with Crippen molar-refractivity contribution in [1.82, 2.24) is 9.97 Å². The molecule has 2 heterocycles. The molecule has 3 aromatic rings. The molecule has 3 rings (SSSR count). The average molecular weight is 225 g/mol. The average Bonchev–Trinajstić information content (AvgIpc) is 2.68. The van der Waals surface area contributed by atoms with Crippen molar-refractivity contribution in [3.63, 3.8) is 0 Å². The topological polar surface area (TPSA) is 71.8 Å². The van der Waals surface area contributed by atoms with E-state index in [2.05, 4.69) is 9.97 Å². The number of fused-ring (bicyclic) bond motifs is 3. The number of nitrogens with two attached hydrogens (primary N) is 1. The molecule has 17 heavy (non-hydrogen) atoms. The summed E-state index contributed by atoms with van der Waals surface area (Å²) in [6.45, 7) is 0. The lowest BCUT2D eigenvalue weighted by Gasteiger charge is -1.98. The standard InChI is InChI=1S/C13H11N3O/c14-12(17)7-11-13-9(5-6-15-11)8-3-1-2-4-10(8)16-13/h1-6,16H,7H2,(H2,14,17). The summed E-state index contributed by atoms with van der Waals surface area (Å²) in [5.41, 5.74) is 7.86. The Kier molecular flexibility index (Phi) is 2.08. The fourth-order valence-corrected chi connectivity index (χ4v) is 2.13. The van der Waals surface area contributed by atoms with Gasteiger partial charge in [-0.15, -0.1) is 0 Å². The summed E-state index contributed by atoms with van der Waals surface area (Å²) < 4.78 is 0. The summed E-state index contributed by atoms with van der Waals surface area (Å²) in [6.07, 6.45) is 1.87. The number of carbonyl (C=O) groups is 1. The van der Waals surface area contributed by atoms with E-state index in [1.165, 1.54) is 0 Å². The van der Waals surface area contributed by atoms with Crippen LogP contribution in [0.15, 0.2) is 36.5 Å². The number of aromatic amines is 1. The molecule has 2 aromatic heterocycles. The highest BCUT2D eigenvalue weighted by Crippen LogP contribution is 2.26. The van der Waals surface area contributed by atoms with Gasteiger partial charge < -0.3 is 10.7 Å². The molecule has 0 bridgehead atoms. The zero-order valence-electron chi connectivity index (χ0n) is 9.10. The fraction of sp³-hybridized carbons (Fsp3) is 0.0769. The number of aromatic nitrogens is 2. The van der Waals surface area contributed by atoms with Gasteiger partial charge >= 0.3 is 0 Å². The van der Waals surface area contributed by atoms with Crippen LogP contribution in [-0.4, -0.2) is 15.9 Å². The second-order valence-electron chi connectivity index (χ2n) is 3.99. The smallest absolute Gasteiger partial charge is 0.223 e. The molecule has 0 atom stereocenters. The van der Waals surface area contributed by atoms with E-state index >= 15 is 0 Å². The quantitative estimate of drug-likeness (QED) is 0.697. The van der Waals surface area contributed by atoms with Crippen LogP contribution in [-0.2, 0) is 11.2 Å². The van der Waals surface area contributed by atoms with Crippen molar-refractivity contribution >= 4 is 27.7 Å². The molecule has 0 aliphatic rings. The molecule has 1 amide bonds. The third kappa shape index (κ3) is 1.54. The SMILES string of the molecule is NC(=O)Cc1nccc2c1[nH]c1ccccc12. The lowest BCUT2D eigenvalue weighted by Crippen LogP contribution is -2.14. The largest absolute Gasteiger partial charge is 0.369 e. The lowest BCUT2D eigenvalue weighted by atomic mass is 10.1. The van der Waals surface area contributed by atoms with Crippen molar-refractivity contribution in [3.8, 4) is 0 Å². The van der Waals surface area contributed by atoms with Crippen LogP contribution in [0.4, 0.5) is 0 Å². The summed E-state index contributed by atoms with van der Waals surface area (Å²) in [7, 11) is 0. The van der Waals surface area contributed by atoms with Crippen LogP contribution in [0, 0.1) is 0 Å². The van der Waals surface area contributed by atoms with E-state index in [9.17, 15) is 4.79 Å². The van der Waals surface area contributed by atoms with Crippen molar-refractivity contribution in [1.29, 1.82) is 0 Å². The van der Waals surface area contributed by atoms with Gasteiger partial charge in [-0.3, -0.25) is 9.78 Å². The third-order valence-corrected chi connectivity index (χ3v) is 2.85. The first-order valence-corrected chi connectivity index (χ1v) is 5.38. The van der Waals surface area contributed by atoms with E-state index in [0.29, 0.717) is 5.69 Å². The minimum absolute atomic E-state index is 0.157. The maximum absolute atomic E-state index is 11.0. The molecule has 0 saturated heterocycles. The van der Waals surface area contributed by atoms with Crippen LogP contribution in [0.3, 0.4) is 0 Å². The Morgan fingerprint density at radius 1 is 1.24 bits per heavy atom. The van der Waals surface area contributed by atoms with Crippen LogP contribution >= 0.6 is 0 Å². The minimum Gasteiger partial charge on any atom is -0.369 e. The predicted molar refractivity (Wildman–Crippen MR) is 66.5 cm³/mol.